The Kier molecular flexibility index (Phi) is 3.59. The number of aromatic nitrogens is 2. The molecule has 0 amide bonds. The summed E-state index contributed by atoms with van der Waals surface area (Å²) < 4.78 is 0. The molecule has 0 radical (unpaired) electrons. The summed E-state index contributed by atoms with van der Waals surface area (Å²) in [5, 5.41) is 3.95. The Morgan fingerprint density at radius 2 is 2.19 bits per heavy atom. The summed E-state index contributed by atoms with van der Waals surface area (Å²) in [4.78, 5) is 7.54. The molecule has 0 fully saturated rings. The van der Waals surface area contributed by atoms with Crippen LogP contribution in [0.5, 0.6) is 0 Å². The fraction of sp³-hybridized carbons (Fsp3) is 0.250. The topological polar surface area (TPSA) is 40.7 Å². The first-order chi connectivity index (χ1) is 7.81. The number of rotatable bonds is 4. The number of aromatic amines is 1. The van der Waals surface area contributed by atoms with Crippen LogP contribution in [0.1, 0.15) is 12.7 Å². The van der Waals surface area contributed by atoms with Crippen molar-refractivity contribution < 1.29 is 0 Å². The Morgan fingerprint density at radius 3 is 2.94 bits per heavy atom. The minimum Gasteiger partial charge on any atom is -0.341 e. The molecule has 1 heterocycles. The van der Waals surface area contributed by atoms with E-state index in [1.54, 1.807) is 0 Å². The van der Waals surface area contributed by atoms with Crippen molar-refractivity contribution in [1.82, 2.24) is 15.3 Å². The molecule has 0 aliphatic carbocycles. The van der Waals surface area contributed by atoms with Gasteiger partial charge in [-0.2, -0.15) is 0 Å². The summed E-state index contributed by atoms with van der Waals surface area (Å²) in [5.41, 5.74) is 1.94. The molecule has 0 saturated heterocycles. The zero-order valence-electron chi connectivity index (χ0n) is 9.13. The molecule has 0 unspecified atom stereocenters. The van der Waals surface area contributed by atoms with Crippen molar-refractivity contribution in [3.8, 4) is 11.3 Å². The van der Waals surface area contributed by atoms with Crippen molar-refractivity contribution in [2.75, 3.05) is 6.54 Å². The van der Waals surface area contributed by atoms with Crippen LogP contribution in [0.4, 0.5) is 0 Å². The van der Waals surface area contributed by atoms with Crippen molar-refractivity contribution in [3.63, 3.8) is 0 Å². The maximum absolute atomic E-state index is 6.11. The van der Waals surface area contributed by atoms with Gasteiger partial charge >= 0.3 is 0 Å². The highest BCUT2D eigenvalue weighted by atomic mass is 35.5. The van der Waals surface area contributed by atoms with Gasteiger partial charge in [-0.1, -0.05) is 36.7 Å². The molecular weight excluding hydrogens is 222 g/mol. The van der Waals surface area contributed by atoms with Gasteiger partial charge in [-0.05, 0) is 12.6 Å². The largest absolute Gasteiger partial charge is 0.341 e. The van der Waals surface area contributed by atoms with Crippen LogP contribution in [-0.4, -0.2) is 16.5 Å². The summed E-state index contributed by atoms with van der Waals surface area (Å²) in [6.07, 6.45) is 1.81. The van der Waals surface area contributed by atoms with Gasteiger partial charge in [0.1, 0.15) is 5.82 Å². The molecule has 2 N–H and O–H groups in total. The molecule has 3 nitrogen and oxygen atoms in total. The fourth-order valence-electron chi connectivity index (χ4n) is 1.51. The Hall–Kier alpha value is -1.32. The van der Waals surface area contributed by atoms with E-state index >= 15 is 0 Å². The molecule has 0 aliphatic rings. The number of hydrogen-bond donors (Lipinski definition) is 2. The summed E-state index contributed by atoms with van der Waals surface area (Å²) in [6.45, 7) is 3.75. The maximum Gasteiger partial charge on any atom is 0.120 e. The normalized spacial score (nSPS) is 10.6. The second kappa shape index (κ2) is 5.14. The molecule has 16 heavy (non-hydrogen) atoms. The van der Waals surface area contributed by atoms with Crippen LogP contribution in [-0.2, 0) is 6.54 Å². The molecule has 0 aliphatic heterocycles. The Morgan fingerprint density at radius 1 is 1.38 bits per heavy atom. The van der Waals surface area contributed by atoms with E-state index in [2.05, 4.69) is 22.2 Å². The third-order valence-corrected chi connectivity index (χ3v) is 2.66. The molecule has 0 bridgehead atoms. The minimum absolute atomic E-state index is 0.737. The molecule has 0 saturated carbocycles. The number of nitrogens with one attached hydrogen (secondary N) is 2. The Labute approximate surface area is 99.9 Å². The zero-order valence-corrected chi connectivity index (χ0v) is 9.88. The number of benzene rings is 1. The average Bonchev–Trinajstić information content (AvgIpc) is 2.75. The second-order valence-corrected chi connectivity index (χ2v) is 3.91. The minimum atomic E-state index is 0.737. The van der Waals surface area contributed by atoms with Crippen molar-refractivity contribution in [2.24, 2.45) is 0 Å². The summed E-state index contributed by atoms with van der Waals surface area (Å²) in [6, 6.07) is 7.74. The van der Waals surface area contributed by atoms with Gasteiger partial charge in [-0.15, -0.1) is 0 Å². The van der Waals surface area contributed by atoms with Crippen LogP contribution < -0.4 is 5.32 Å². The van der Waals surface area contributed by atoms with Crippen LogP contribution in [0, 0.1) is 0 Å². The fourth-order valence-corrected chi connectivity index (χ4v) is 1.75. The lowest BCUT2D eigenvalue weighted by atomic mass is 10.2. The lowest BCUT2D eigenvalue weighted by Crippen LogP contribution is -2.12. The highest BCUT2D eigenvalue weighted by Crippen LogP contribution is 2.25. The quantitative estimate of drug-likeness (QED) is 0.856. The number of halogens is 1. The zero-order chi connectivity index (χ0) is 11.4. The Bertz CT molecular complexity index is 465. The van der Waals surface area contributed by atoms with Gasteiger partial charge in [-0.3, -0.25) is 0 Å². The number of nitrogens with zero attached hydrogens (tertiary/aromatic N) is 1. The van der Waals surface area contributed by atoms with Crippen LogP contribution in [0.2, 0.25) is 5.02 Å². The lowest BCUT2D eigenvalue weighted by Gasteiger charge is -2.00. The molecule has 4 heteroatoms. The average molecular weight is 236 g/mol. The van der Waals surface area contributed by atoms with Crippen LogP contribution in [0.25, 0.3) is 11.3 Å². The molecule has 0 atom stereocenters. The molecule has 84 valence electrons. The number of hydrogen-bond acceptors (Lipinski definition) is 2. The van der Waals surface area contributed by atoms with E-state index in [1.807, 2.05) is 30.5 Å². The monoisotopic (exact) mass is 235 g/mol. The molecular formula is C12H14ClN3. The van der Waals surface area contributed by atoms with Crippen molar-refractivity contribution in [3.05, 3.63) is 41.3 Å². The second-order valence-electron chi connectivity index (χ2n) is 3.50. The Balaban J connectivity index is 2.22. The number of H-pyrrole nitrogens is 1. The molecule has 1 aromatic carbocycles. The molecule has 2 aromatic rings. The standard InChI is InChI=1S/C12H14ClN3/c1-2-14-8-12-15-7-11(16-12)9-5-3-4-6-10(9)13/h3-7,14H,2,8H2,1H3,(H,15,16). The van der Waals surface area contributed by atoms with E-state index < -0.39 is 0 Å². The highest BCUT2D eigenvalue weighted by molar-refractivity contribution is 6.33. The van der Waals surface area contributed by atoms with E-state index in [0.717, 1.165) is 35.2 Å². The van der Waals surface area contributed by atoms with Crippen LogP contribution in [0.15, 0.2) is 30.5 Å². The predicted octanol–water partition coefficient (Wildman–Crippen LogP) is 2.84. The van der Waals surface area contributed by atoms with Gasteiger partial charge in [0.05, 0.1) is 18.4 Å². The van der Waals surface area contributed by atoms with Crippen LogP contribution >= 0.6 is 11.6 Å². The van der Waals surface area contributed by atoms with Crippen molar-refractivity contribution in [1.29, 1.82) is 0 Å². The molecule has 2 rings (SSSR count). The number of imidazole rings is 1. The van der Waals surface area contributed by atoms with E-state index in [0.29, 0.717) is 0 Å². The predicted molar refractivity (Wildman–Crippen MR) is 66.4 cm³/mol. The van der Waals surface area contributed by atoms with Gasteiger partial charge in [0.2, 0.25) is 0 Å². The SMILES string of the molecule is CCNCc1ncc(-c2ccccc2Cl)[nH]1. The van der Waals surface area contributed by atoms with Gasteiger partial charge in [0.25, 0.3) is 0 Å². The third kappa shape index (κ3) is 2.43. The highest BCUT2D eigenvalue weighted by Gasteiger charge is 2.05. The first kappa shape index (κ1) is 11.2. The first-order valence-electron chi connectivity index (χ1n) is 5.30. The first-order valence-corrected chi connectivity index (χ1v) is 5.68. The van der Waals surface area contributed by atoms with Gasteiger partial charge in [-0.25, -0.2) is 4.98 Å². The smallest absolute Gasteiger partial charge is 0.120 e. The maximum atomic E-state index is 6.11. The third-order valence-electron chi connectivity index (χ3n) is 2.33. The lowest BCUT2D eigenvalue weighted by molar-refractivity contribution is 0.698. The van der Waals surface area contributed by atoms with Gasteiger partial charge in [0, 0.05) is 10.6 Å². The van der Waals surface area contributed by atoms with Gasteiger partial charge in [0.15, 0.2) is 0 Å². The van der Waals surface area contributed by atoms with E-state index in [1.165, 1.54) is 0 Å². The summed E-state index contributed by atoms with van der Waals surface area (Å²) in [5.74, 6) is 0.928. The van der Waals surface area contributed by atoms with E-state index in [4.69, 9.17) is 11.6 Å². The van der Waals surface area contributed by atoms with E-state index in [9.17, 15) is 0 Å². The summed E-state index contributed by atoms with van der Waals surface area (Å²) >= 11 is 6.11. The van der Waals surface area contributed by atoms with Gasteiger partial charge < -0.3 is 10.3 Å². The van der Waals surface area contributed by atoms with Crippen molar-refractivity contribution in [2.45, 2.75) is 13.5 Å². The van der Waals surface area contributed by atoms with E-state index in [-0.39, 0.29) is 0 Å². The summed E-state index contributed by atoms with van der Waals surface area (Å²) in [7, 11) is 0. The van der Waals surface area contributed by atoms with Crippen LogP contribution in [0.3, 0.4) is 0 Å². The molecule has 1 aromatic heterocycles. The van der Waals surface area contributed by atoms with Crippen molar-refractivity contribution >= 4 is 11.6 Å². The molecule has 0 spiro atoms.